The molecule has 0 amide bonds. The molecule has 0 saturated heterocycles. The lowest BCUT2D eigenvalue weighted by atomic mass is 10.1. The number of alkyl halides is 1. The predicted molar refractivity (Wildman–Crippen MR) is 69.0 cm³/mol. The van der Waals surface area contributed by atoms with Crippen molar-refractivity contribution in [3.8, 4) is 5.75 Å². The van der Waals surface area contributed by atoms with Crippen molar-refractivity contribution >= 4 is 11.6 Å². The Morgan fingerprint density at radius 2 is 1.94 bits per heavy atom. The summed E-state index contributed by atoms with van der Waals surface area (Å²) < 4.78 is 10.5. The fourth-order valence-corrected chi connectivity index (χ4v) is 1.66. The van der Waals surface area contributed by atoms with Gasteiger partial charge in [0.15, 0.2) is 0 Å². The van der Waals surface area contributed by atoms with Crippen molar-refractivity contribution < 1.29 is 9.15 Å². The minimum atomic E-state index is -0.243. The first-order chi connectivity index (χ1) is 8.69. The molecule has 2 aromatic rings. The van der Waals surface area contributed by atoms with Crippen molar-refractivity contribution in [2.24, 2.45) is 0 Å². The van der Waals surface area contributed by atoms with Gasteiger partial charge in [-0.2, -0.15) is 0 Å². The van der Waals surface area contributed by atoms with Gasteiger partial charge < -0.3 is 9.15 Å². The number of ether oxygens (including phenoxy) is 1. The third-order valence-electron chi connectivity index (χ3n) is 2.61. The SMILES string of the molecule is COc1ccc(CCc2nnc(C(C)Cl)o2)cc1. The average Bonchev–Trinajstić information content (AvgIpc) is 2.86. The van der Waals surface area contributed by atoms with Crippen molar-refractivity contribution in [1.82, 2.24) is 10.2 Å². The first-order valence-electron chi connectivity index (χ1n) is 5.78. The van der Waals surface area contributed by atoms with Gasteiger partial charge in [0.05, 0.1) is 7.11 Å². The van der Waals surface area contributed by atoms with Crippen molar-refractivity contribution in [2.45, 2.75) is 25.1 Å². The van der Waals surface area contributed by atoms with Gasteiger partial charge in [-0.25, -0.2) is 0 Å². The molecule has 1 aromatic carbocycles. The van der Waals surface area contributed by atoms with Gasteiger partial charge in [-0.3, -0.25) is 0 Å². The highest BCUT2D eigenvalue weighted by atomic mass is 35.5. The number of hydrogen-bond acceptors (Lipinski definition) is 4. The summed E-state index contributed by atoms with van der Waals surface area (Å²) in [7, 11) is 1.66. The Balaban J connectivity index is 1.93. The van der Waals surface area contributed by atoms with E-state index in [-0.39, 0.29) is 5.38 Å². The van der Waals surface area contributed by atoms with Gasteiger partial charge in [0, 0.05) is 6.42 Å². The molecule has 1 aromatic heterocycles. The molecule has 0 radical (unpaired) electrons. The normalized spacial score (nSPS) is 12.4. The molecular formula is C13H15ClN2O2. The summed E-state index contributed by atoms with van der Waals surface area (Å²) >= 11 is 5.86. The maximum Gasteiger partial charge on any atom is 0.234 e. The summed E-state index contributed by atoms with van der Waals surface area (Å²) in [5.41, 5.74) is 1.20. The highest BCUT2D eigenvalue weighted by molar-refractivity contribution is 6.20. The molecule has 0 fully saturated rings. The summed E-state index contributed by atoms with van der Waals surface area (Å²) in [6.45, 7) is 1.81. The summed E-state index contributed by atoms with van der Waals surface area (Å²) in [6.07, 6.45) is 1.56. The predicted octanol–water partition coefficient (Wildman–Crippen LogP) is 3.16. The van der Waals surface area contributed by atoms with Crippen LogP contribution in [0.3, 0.4) is 0 Å². The van der Waals surface area contributed by atoms with E-state index in [4.69, 9.17) is 20.8 Å². The third kappa shape index (κ3) is 3.23. The second-order valence-corrected chi connectivity index (χ2v) is 4.65. The van der Waals surface area contributed by atoms with E-state index in [1.165, 1.54) is 5.56 Å². The standard InChI is InChI=1S/C13H15ClN2O2/c1-9(14)13-16-15-12(18-13)8-5-10-3-6-11(17-2)7-4-10/h3-4,6-7,9H,5,8H2,1-2H3. The van der Waals surface area contributed by atoms with Crippen LogP contribution in [-0.4, -0.2) is 17.3 Å². The Hall–Kier alpha value is -1.55. The van der Waals surface area contributed by atoms with Crippen molar-refractivity contribution in [3.63, 3.8) is 0 Å². The van der Waals surface area contributed by atoms with E-state index in [0.717, 1.165) is 12.2 Å². The molecule has 0 aliphatic carbocycles. The zero-order valence-electron chi connectivity index (χ0n) is 10.4. The lowest BCUT2D eigenvalue weighted by molar-refractivity contribution is 0.414. The highest BCUT2D eigenvalue weighted by Gasteiger charge is 2.10. The maximum atomic E-state index is 5.86. The number of rotatable bonds is 5. The smallest absolute Gasteiger partial charge is 0.234 e. The molecule has 0 spiro atoms. The minimum absolute atomic E-state index is 0.243. The average molecular weight is 267 g/mol. The van der Waals surface area contributed by atoms with E-state index in [0.29, 0.717) is 18.2 Å². The fourth-order valence-electron chi connectivity index (χ4n) is 1.57. The summed E-state index contributed by atoms with van der Waals surface area (Å²) in [5, 5.41) is 7.60. The maximum absolute atomic E-state index is 5.86. The molecule has 96 valence electrons. The van der Waals surface area contributed by atoms with Crippen LogP contribution in [0.25, 0.3) is 0 Å². The first kappa shape index (κ1) is 12.9. The van der Waals surface area contributed by atoms with Crippen LogP contribution in [0.2, 0.25) is 0 Å². The zero-order valence-corrected chi connectivity index (χ0v) is 11.1. The van der Waals surface area contributed by atoms with Gasteiger partial charge in [-0.05, 0) is 31.0 Å². The molecule has 0 bridgehead atoms. The van der Waals surface area contributed by atoms with Crippen LogP contribution in [0, 0.1) is 0 Å². The molecule has 1 atom stereocenters. The van der Waals surface area contributed by atoms with E-state index in [1.54, 1.807) is 7.11 Å². The van der Waals surface area contributed by atoms with Gasteiger partial charge >= 0.3 is 0 Å². The molecule has 0 aliphatic heterocycles. The van der Waals surface area contributed by atoms with E-state index in [2.05, 4.69) is 10.2 Å². The molecule has 1 heterocycles. The number of hydrogen-bond donors (Lipinski definition) is 0. The van der Waals surface area contributed by atoms with Crippen LogP contribution < -0.4 is 4.74 Å². The Morgan fingerprint density at radius 3 is 2.50 bits per heavy atom. The number of aromatic nitrogens is 2. The minimum Gasteiger partial charge on any atom is -0.497 e. The van der Waals surface area contributed by atoms with Gasteiger partial charge in [0.1, 0.15) is 11.1 Å². The summed E-state index contributed by atoms with van der Waals surface area (Å²) in [6, 6.07) is 7.94. The quantitative estimate of drug-likeness (QED) is 0.780. The number of nitrogens with zero attached hydrogens (tertiary/aromatic N) is 2. The van der Waals surface area contributed by atoms with E-state index in [9.17, 15) is 0 Å². The Labute approximate surface area is 111 Å². The van der Waals surface area contributed by atoms with Crippen LogP contribution in [0.15, 0.2) is 28.7 Å². The van der Waals surface area contributed by atoms with E-state index >= 15 is 0 Å². The third-order valence-corrected chi connectivity index (χ3v) is 2.80. The molecule has 2 rings (SSSR count). The Bertz CT molecular complexity index is 494. The zero-order chi connectivity index (χ0) is 13.0. The van der Waals surface area contributed by atoms with Crippen LogP contribution in [0.1, 0.15) is 29.6 Å². The second-order valence-electron chi connectivity index (χ2n) is 4.00. The van der Waals surface area contributed by atoms with Gasteiger partial charge in [0.2, 0.25) is 11.8 Å². The second kappa shape index (κ2) is 5.87. The fraction of sp³-hybridized carbons (Fsp3) is 0.385. The number of halogens is 1. The van der Waals surface area contributed by atoms with Gasteiger partial charge in [-0.15, -0.1) is 21.8 Å². The largest absolute Gasteiger partial charge is 0.497 e. The topological polar surface area (TPSA) is 48.2 Å². The molecular weight excluding hydrogens is 252 g/mol. The highest BCUT2D eigenvalue weighted by Crippen LogP contribution is 2.18. The van der Waals surface area contributed by atoms with Crippen LogP contribution in [-0.2, 0) is 12.8 Å². The Kier molecular flexibility index (Phi) is 4.20. The summed E-state index contributed by atoms with van der Waals surface area (Å²) in [4.78, 5) is 0. The molecule has 1 unspecified atom stereocenters. The monoisotopic (exact) mass is 266 g/mol. The molecule has 0 saturated carbocycles. The van der Waals surface area contributed by atoms with Crippen LogP contribution in [0.5, 0.6) is 5.75 Å². The first-order valence-corrected chi connectivity index (χ1v) is 6.22. The summed E-state index contributed by atoms with van der Waals surface area (Å²) in [5.74, 6) is 1.95. The Morgan fingerprint density at radius 1 is 1.22 bits per heavy atom. The number of benzene rings is 1. The van der Waals surface area contributed by atoms with Gasteiger partial charge in [-0.1, -0.05) is 12.1 Å². The molecule has 0 N–H and O–H groups in total. The lowest BCUT2D eigenvalue weighted by Gasteiger charge is -2.01. The van der Waals surface area contributed by atoms with Crippen molar-refractivity contribution in [2.75, 3.05) is 7.11 Å². The van der Waals surface area contributed by atoms with Crippen molar-refractivity contribution in [1.29, 1.82) is 0 Å². The van der Waals surface area contributed by atoms with Gasteiger partial charge in [0.25, 0.3) is 0 Å². The van der Waals surface area contributed by atoms with E-state index < -0.39 is 0 Å². The lowest BCUT2D eigenvalue weighted by Crippen LogP contribution is -1.92. The molecule has 0 aliphatic rings. The number of methoxy groups -OCH3 is 1. The van der Waals surface area contributed by atoms with E-state index in [1.807, 2.05) is 31.2 Å². The van der Waals surface area contributed by atoms with Crippen LogP contribution >= 0.6 is 11.6 Å². The number of aryl methyl sites for hydroxylation is 2. The molecule has 18 heavy (non-hydrogen) atoms. The molecule has 5 heteroatoms. The van der Waals surface area contributed by atoms with Crippen LogP contribution in [0.4, 0.5) is 0 Å². The molecule has 4 nitrogen and oxygen atoms in total. The van der Waals surface area contributed by atoms with Crippen molar-refractivity contribution in [3.05, 3.63) is 41.6 Å².